The van der Waals surface area contributed by atoms with E-state index in [1.54, 1.807) is 17.5 Å². The maximum atomic E-state index is 12.4. The Morgan fingerprint density at radius 2 is 2.33 bits per heavy atom. The van der Waals surface area contributed by atoms with Gasteiger partial charge in [-0.2, -0.15) is 13.2 Å². The quantitative estimate of drug-likeness (QED) is 0.842. The number of aliphatic hydroxyl groups is 1. The first kappa shape index (κ1) is 16.4. The van der Waals surface area contributed by atoms with Gasteiger partial charge in [-0.15, -0.1) is 11.3 Å². The second-order valence-electron chi connectivity index (χ2n) is 4.89. The van der Waals surface area contributed by atoms with Crippen LogP contribution in [0.4, 0.5) is 13.2 Å². The third-order valence-electron chi connectivity index (χ3n) is 3.35. The van der Waals surface area contributed by atoms with Gasteiger partial charge in [0.1, 0.15) is 0 Å². The molecule has 1 aliphatic heterocycles. The van der Waals surface area contributed by atoms with Crippen molar-refractivity contribution < 1.29 is 27.8 Å². The molecule has 1 saturated heterocycles. The van der Waals surface area contributed by atoms with E-state index in [2.05, 4.69) is 0 Å². The predicted octanol–water partition coefficient (Wildman–Crippen LogP) is 1.94. The monoisotopic (exact) mass is 323 g/mol. The van der Waals surface area contributed by atoms with Gasteiger partial charge in [-0.3, -0.25) is 9.69 Å². The topological polar surface area (TPSA) is 49.8 Å². The Balaban J connectivity index is 1.97. The highest BCUT2D eigenvalue weighted by Crippen LogP contribution is 2.23. The molecular weight excluding hydrogens is 307 g/mol. The number of halogens is 3. The van der Waals surface area contributed by atoms with E-state index in [0.29, 0.717) is 11.5 Å². The van der Waals surface area contributed by atoms with Crippen LogP contribution in [0.3, 0.4) is 0 Å². The number of carbonyl (C=O) groups excluding carboxylic acids is 1. The lowest BCUT2D eigenvalue weighted by atomic mass is 10.1. The van der Waals surface area contributed by atoms with Crippen LogP contribution in [0.5, 0.6) is 0 Å². The summed E-state index contributed by atoms with van der Waals surface area (Å²) in [6.45, 7) is 0.237. The van der Waals surface area contributed by atoms with Gasteiger partial charge in [0.25, 0.3) is 0 Å². The van der Waals surface area contributed by atoms with Crippen molar-refractivity contribution in [3.8, 4) is 0 Å². The third-order valence-corrected chi connectivity index (χ3v) is 4.26. The largest absolute Gasteiger partial charge is 0.415 e. The van der Waals surface area contributed by atoms with Gasteiger partial charge >= 0.3 is 6.18 Å². The summed E-state index contributed by atoms with van der Waals surface area (Å²) in [5.41, 5.74) is 0. The number of hydrogen-bond donors (Lipinski definition) is 1. The van der Waals surface area contributed by atoms with Crippen molar-refractivity contribution in [1.82, 2.24) is 4.90 Å². The smallest absolute Gasteiger partial charge is 0.382 e. The fourth-order valence-electron chi connectivity index (χ4n) is 2.20. The van der Waals surface area contributed by atoms with E-state index in [9.17, 15) is 23.1 Å². The lowest BCUT2D eigenvalue weighted by Crippen LogP contribution is -2.51. The van der Waals surface area contributed by atoms with Crippen LogP contribution >= 0.6 is 11.3 Å². The molecule has 2 rings (SSSR count). The van der Waals surface area contributed by atoms with E-state index in [-0.39, 0.29) is 25.4 Å². The Morgan fingerprint density at radius 3 is 2.95 bits per heavy atom. The van der Waals surface area contributed by atoms with Crippen LogP contribution in [0.25, 0.3) is 0 Å². The second-order valence-corrected chi connectivity index (χ2v) is 5.83. The summed E-state index contributed by atoms with van der Waals surface area (Å²) in [7, 11) is 0. The summed E-state index contributed by atoms with van der Waals surface area (Å²) in [5.74, 6) is -0.119. The van der Waals surface area contributed by atoms with Gasteiger partial charge in [0.15, 0.2) is 11.9 Å². The van der Waals surface area contributed by atoms with Gasteiger partial charge in [0.2, 0.25) is 0 Å². The van der Waals surface area contributed by atoms with Gasteiger partial charge in [0.05, 0.1) is 18.1 Å². The van der Waals surface area contributed by atoms with Crippen molar-refractivity contribution >= 4 is 17.1 Å². The fraction of sp³-hybridized carbons (Fsp3) is 0.615. The summed E-state index contributed by atoms with van der Waals surface area (Å²) in [6, 6.07) is 3.00. The number of nitrogens with zero attached hydrogens (tertiary/aromatic N) is 1. The van der Waals surface area contributed by atoms with E-state index in [4.69, 9.17) is 4.74 Å². The van der Waals surface area contributed by atoms with Crippen molar-refractivity contribution in [1.29, 1.82) is 0 Å². The van der Waals surface area contributed by atoms with Crippen molar-refractivity contribution in [2.75, 3.05) is 26.3 Å². The minimum Gasteiger partial charge on any atom is -0.382 e. The number of aliphatic hydroxyl groups excluding tert-OH is 1. The Labute approximate surface area is 124 Å². The molecule has 0 aliphatic carbocycles. The number of β-amino-alcohol motifs (C(OH)–C–C–N with tert-alkyl or cyclic N) is 1. The molecular formula is C13H16F3NO3S. The molecule has 2 heterocycles. The summed E-state index contributed by atoms with van der Waals surface area (Å²) in [6.07, 6.45) is -6.97. The van der Waals surface area contributed by atoms with Gasteiger partial charge in [0, 0.05) is 25.6 Å². The Hall–Kier alpha value is -0.960. The average Bonchev–Trinajstić information content (AvgIpc) is 2.93. The Bertz CT molecular complexity index is 464. The number of morpholine rings is 1. The fourth-order valence-corrected chi connectivity index (χ4v) is 2.87. The molecule has 0 bridgehead atoms. The number of Topliss-reactive ketones (excluding diaryl/α,β-unsaturated/α-hetero) is 1. The van der Waals surface area contributed by atoms with Crippen molar-refractivity contribution in [3.05, 3.63) is 22.4 Å². The number of rotatable bonds is 5. The first-order valence-corrected chi connectivity index (χ1v) is 7.39. The van der Waals surface area contributed by atoms with Crippen molar-refractivity contribution in [2.24, 2.45) is 0 Å². The van der Waals surface area contributed by atoms with Crippen LogP contribution in [0, 0.1) is 0 Å². The molecule has 1 fully saturated rings. The van der Waals surface area contributed by atoms with E-state index in [1.165, 1.54) is 16.2 Å². The van der Waals surface area contributed by atoms with Crippen molar-refractivity contribution in [3.63, 3.8) is 0 Å². The minimum atomic E-state index is -4.65. The predicted molar refractivity (Wildman–Crippen MR) is 71.5 cm³/mol. The Kier molecular flexibility index (Phi) is 5.37. The van der Waals surface area contributed by atoms with E-state index >= 15 is 0 Å². The molecule has 1 aliphatic rings. The van der Waals surface area contributed by atoms with Crippen LogP contribution in [-0.4, -0.2) is 60.4 Å². The summed E-state index contributed by atoms with van der Waals surface area (Å²) >= 11 is 1.30. The molecule has 1 aromatic heterocycles. The first-order valence-electron chi connectivity index (χ1n) is 6.51. The number of ether oxygens (including phenoxy) is 1. The molecule has 0 unspecified atom stereocenters. The van der Waals surface area contributed by atoms with Crippen LogP contribution < -0.4 is 0 Å². The molecule has 21 heavy (non-hydrogen) atoms. The Morgan fingerprint density at radius 1 is 1.57 bits per heavy atom. The molecule has 118 valence electrons. The zero-order valence-electron chi connectivity index (χ0n) is 11.2. The lowest BCUT2D eigenvalue weighted by molar-refractivity contribution is -0.212. The molecule has 1 N–H and O–H groups in total. The SMILES string of the molecule is O=C(C[C@@H]1COCCN1C[C@H](O)C(F)(F)F)c1cccs1. The zero-order valence-corrected chi connectivity index (χ0v) is 12.0. The molecule has 0 saturated carbocycles. The average molecular weight is 323 g/mol. The van der Waals surface area contributed by atoms with Gasteiger partial charge in [-0.25, -0.2) is 0 Å². The highest BCUT2D eigenvalue weighted by molar-refractivity contribution is 7.12. The summed E-state index contributed by atoms with van der Waals surface area (Å²) in [4.78, 5) is 14.1. The molecule has 0 amide bonds. The summed E-state index contributed by atoms with van der Waals surface area (Å²) < 4.78 is 42.6. The van der Waals surface area contributed by atoms with E-state index in [0.717, 1.165) is 0 Å². The molecule has 1 aromatic rings. The van der Waals surface area contributed by atoms with E-state index in [1.807, 2.05) is 0 Å². The van der Waals surface area contributed by atoms with Crippen LogP contribution in [0.2, 0.25) is 0 Å². The number of alkyl halides is 3. The standard InChI is InChI=1S/C13H16F3NO3S/c14-13(15,16)12(19)7-17-3-4-20-8-9(17)6-10(18)11-2-1-5-21-11/h1-2,5,9,12,19H,3-4,6-8H2/t9-,12+/m1/s1. The van der Waals surface area contributed by atoms with E-state index < -0.39 is 24.9 Å². The molecule has 4 nitrogen and oxygen atoms in total. The number of carbonyl (C=O) groups is 1. The first-order chi connectivity index (χ1) is 9.88. The van der Waals surface area contributed by atoms with Crippen LogP contribution in [0.15, 0.2) is 17.5 Å². The number of thiophene rings is 1. The normalized spacial score (nSPS) is 22.2. The molecule has 2 atom stereocenters. The van der Waals surface area contributed by atoms with Crippen LogP contribution in [0.1, 0.15) is 16.1 Å². The van der Waals surface area contributed by atoms with Gasteiger partial charge in [-0.1, -0.05) is 6.07 Å². The second kappa shape index (κ2) is 6.87. The van der Waals surface area contributed by atoms with Crippen LogP contribution in [-0.2, 0) is 4.74 Å². The zero-order chi connectivity index (χ0) is 15.5. The van der Waals surface area contributed by atoms with Gasteiger partial charge in [-0.05, 0) is 11.4 Å². The molecule has 0 aromatic carbocycles. The lowest BCUT2D eigenvalue weighted by Gasteiger charge is -2.36. The minimum absolute atomic E-state index is 0.0884. The highest BCUT2D eigenvalue weighted by Gasteiger charge is 2.40. The van der Waals surface area contributed by atoms with Crippen molar-refractivity contribution in [2.45, 2.75) is 24.7 Å². The van der Waals surface area contributed by atoms with Gasteiger partial charge < -0.3 is 9.84 Å². The maximum absolute atomic E-state index is 12.4. The molecule has 0 spiro atoms. The highest BCUT2D eigenvalue weighted by atomic mass is 32.1. The summed E-state index contributed by atoms with van der Waals surface area (Å²) in [5, 5.41) is 11.0. The molecule has 8 heteroatoms. The number of hydrogen-bond acceptors (Lipinski definition) is 5. The number of ketones is 1. The third kappa shape index (κ3) is 4.50. The maximum Gasteiger partial charge on any atom is 0.415 e. The molecule has 0 radical (unpaired) electrons.